The van der Waals surface area contributed by atoms with Crippen molar-refractivity contribution in [3.8, 4) is 11.1 Å². The van der Waals surface area contributed by atoms with Crippen LogP contribution in [0.4, 0.5) is 27.6 Å². The zero-order chi connectivity index (χ0) is 35.0. The number of ether oxygens (including phenoxy) is 1. The van der Waals surface area contributed by atoms with E-state index in [1.165, 1.54) is 45.8 Å². The van der Waals surface area contributed by atoms with Gasteiger partial charge in [-0.2, -0.15) is 13.2 Å². The summed E-state index contributed by atoms with van der Waals surface area (Å²) in [6.07, 6.45) is 4.76. The van der Waals surface area contributed by atoms with Gasteiger partial charge in [0.1, 0.15) is 22.8 Å². The third-order valence-electron chi connectivity index (χ3n) is 8.81. The quantitative estimate of drug-likeness (QED) is 0.0935. The predicted octanol–water partition coefficient (Wildman–Crippen LogP) is 7.72. The van der Waals surface area contributed by atoms with E-state index in [1.54, 1.807) is 20.2 Å². The summed E-state index contributed by atoms with van der Waals surface area (Å²) in [5.74, 6) is -3.91. The first-order valence-electron chi connectivity index (χ1n) is 15.5. The lowest BCUT2D eigenvalue weighted by Crippen LogP contribution is -2.35. The van der Waals surface area contributed by atoms with Crippen molar-refractivity contribution in [2.24, 2.45) is 7.05 Å². The highest BCUT2D eigenvalue weighted by Gasteiger charge is 2.37. The minimum atomic E-state index is -4.78. The zero-order valence-electron chi connectivity index (χ0n) is 26.4. The highest BCUT2D eigenvalue weighted by Crippen LogP contribution is 2.45. The van der Waals surface area contributed by atoms with Gasteiger partial charge in [0, 0.05) is 55.7 Å². The molecule has 3 heterocycles. The van der Waals surface area contributed by atoms with Crippen molar-refractivity contribution in [3.63, 3.8) is 0 Å². The lowest BCUT2D eigenvalue weighted by Gasteiger charge is -2.27. The van der Waals surface area contributed by atoms with E-state index < -0.39 is 40.8 Å². The Morgan fingerprint density at radius 2 is 1.78 bits per heavy atom. The zero-order valence-corrected chi connectivity index (χ0v) is 27.1. The molecule has 0 aliphatic heterocycles. The molecule has 0 atom stereocenters. The lowest BCUT2D eigenvalue weighted by molar-refractivity contribution is -0.137. The fraction of sp³-hybridized carbons (Fsp3) is 0.286. The molecular weight excluding hydrogens is 669 g/mol. The van der Waals surface area contributed by atoms with Crippen molar-refractivity contribution in [2.75, 3.05) is 19.0 Å². The number of methoxy groups -OCH3 is 1. The summed E-state index contributed by atoms with van der Waals surface area (Å²) in [5.41, 5.74) is -1.85. The van der Waals surface area contributed by atoms with Gasteiger partial charge >= 0.3 is 6.18 Å². The fourth-order valence-corrected chi connectivity index (χ4v) is 6.64. The van der Waals surface area contributed by atoms with E-state index in [1.807, 2.05) is 0 Å². The topological polar surface area (TPSA) is 89.7 Å². The van der Waals surface area contributed by atoms with Gasteiger partial charge < -0.3 is 24.3 Å². The number of carbonyl (C=O) groups is 2. The molecular formula is C35H31ClF5N5O3. The van der Waals surface area contributed by atoms with Crippen LogP contribution >= 0.6 is 11.6 Å². The van der Waals surface area contributed by atoms with E-state index >= 15 is 8.78 Å². The first-order valence-corrected chi connectivity index (χ1v) is 15.8. The number of carbonyl (C=O) groups excluding carboxylic acids is 2. The first-order chi connectivity index (χ1) is 23.4. The predicted molar refractivity (Wildman–Crippen MR) is 176 cm³/mol. The monoisotopic (exact) mass is 699 g/mol. The number of nitrogens with one attached hydrogen (secondary N) is 2. The van der Waals surface area contributed by atoms with Gasteiger partial charge in [0.05, 0.1) is 39.7 Å². The number of aromatic nitrogens is 3. The Hall–Kier alpha value is -4.59. The van der Waals surface area contributed by atoms with Crippen molar-refractivity contribution in [1.82, 2.24) is 19.3 Å². The molecule has 1 fully saturated rings. The first kappa shape index (κ1) is 34.3. The van der Waals surface area contributed by atoms with Gasteiger partial charge in [0.25, 0.3) is 0 Å². The van der Waals surface area contributed by atoms with Gasteiger partial charge in [-0.3, -0.25) is 9.59 Å². The van der Waals surface area contributed by atoms with Crippen LogP contribution in [0, 0.1) is 11.6 Å². The Kier molecular flexibility index (Phi) is 9.61. The van der Waals surface area contributed by atoms with Crippen LogP contribution in [0.2, 0.25) is 5.02 Å². The molecule has 1 saturated carbocycles. The standard InChI is InChI=1S/C35H31ClF5N5O3/c1-45-18-43-33-28(45)17-23(35(39,40)41)30(31(33)36)22-5-4-14-46-26(22)11-12-27(46)34(48)19-15-24(37)32(25(38)16-19)44-29(47)6-3-13-42-20-7-9-21(49-2)10-8-20/h3-6,11-12,14-18,20-21,42H,7-10,13H2,1-2H3,(H,44,47)/b6-3+. The maximum Gasteiger partial charge on any atom is 0.417 e. The van der Waals surface area contributed by atoms with Crippen molar-refractivity contribution >= 4 is 45.5 Å². The molecule has 256 valence electrons. The molecule has 5 aromatic rings. The number of hydrogen-bond acceptors (Lipinski definition) is 5. The average Bonchev–Trinajstić information content (AvgIpc) is 3.68. The third-order valence-corrected chi connectivity index (χ3v) is 9.18. The van der Waals surface area contributed by atoms with E-state index in [-0.39, 0.29) is 56.1 Å². The second-order valence-electron chi connectivity index (χ2n) is 11.9. The molecule has 0 radical (unpaired) electrons. The Morgan fingerprint density at radius 1 is 1.06 bits per heavy atom. The summed E-state index contributed by atoms with van der Waals surface area (Å²) in [7, 11) is 3.25. The van der Waals surface area contributed by atoms with E-state index in [2.05, 4.69) is 15.6 Å². The minimum Gasteiger partial charge on any atom is -0.381 e. The second-order valence-corrected chi connectivity index (χ2v) is 12.3. The lowest BCUT2D eigenvalue weighted by atomic mass is 9.93. The molecule has 0 unspecified atom stereocenters. The minimum absolute atomic E-state index is 0.0674. The van der Waals surface area contributed by atoms with Gasteiger partial charge in [0.15, 0.2) is 0 Å². The Labute approximate surface area is 282 Å². The molecule has 2 aromatic carbocycles. The van der Waals surface area contributed by atoms with Gasteiger partial charge in [-0.15, -0.1) is 0 Å². The number of rotatable bonds is 9. The van der Waals surface area contributed by atoms with Crippen LogP contribution in [0.15, 0.2) is 67.1 Å². The molecule has 0 spiro atoms. The summed E-state index contributed by atoms with van der Waals surface area (Å²) in [5, 5.41) is 5.28. The highest BCUT2D eigenvalue weighted by molar-refractivity contribution is 6.38. The highest BCUT2D eigenvalue weighted by atomic mass is 35.5. The number of benzene rings is 2. The number of anilines is 1. The smallest absolute Gasteiger partial charge is 0.381 e. The van der Waals surface area contributed by atoms with E-state index in [9.17, 15) is 22.8 Å². The van der Waals surface area contributed by atoms with Crippen LogP contribution < -0.4 is 10.6 Å². The number of halogens is 6. The van der Waals surface area contributed by atoms with Gasteiger partial charge in [-0.25, -0.2) is 13.8 Å². The molecule has 3 aromatic heterocycles. The van der Waals surface area contributed by atoms with Crippen molar-refractivity contribution in [1.29, 1.82) is 0 Å². The number of ketones is 1. The largest absolute Gasteiger partial charge is 0.417 e. The molecule has 8 nitrogen and oxygen atoms in total. The molecule has 1 aliphatic rings. The summed E-state index contributed by atoms with van der Waals surface area (Å²) < 4.78 is 81.3. The van der Waals surface area contributed by atoms with Crippen LogP contribution in [-0.4, -0.2) is 51.4 Å². The van der Waals surface area contributed by atoms with Crippen molar-refractivity contribution in [3.05, 3.63) is 101 Å². The Balaban J connectivity index is 1.23. The number of pyridine rings is 1. The van der Waals surface area contributed by atoms with Gasteiger partial charge in [-0.1, -0.05) is 23.7 Å². The number of imidazole rings is 1. The molecule has 2 N–H and O–H groups in total. The molecule has 0 saturated heterocycles. The number of alkyl halides is 3. The number of aryl methyl sites for hydroxylation is 1. The molecule has 49 heavy (non-hydrogen) atoms. The Morgan fingerprint density at radius 3 is 2.45 bits per heavy atom. The van der Waals surface area contributed by atoms with Crippen molar-refractivity contribution in [2.45, 2.75) is 44.0 Å². The Bertz CT molecular complexity index is 2070. The second kappa shape index (κ2) is 13.7. The molecule has 1 aliphatic carbocycles. The van der Waals surface area contributed by atoms with Crippen LogP contribution in [0.25, 0.3) is 27.7 Å². The number of nitrogens with zero attached hydrogens (tertiary/aromatic N) is 3. The summed E-state index contributed by atoms with van der Waals surface area (Å²) >= 11 is 6.55. The van der Waals surface area contributed by atoms with Crippen molar-refractivity contribution < 1.29 is 36.3 Å². The SMILES string of the molecule is COC1CCC(NC/C=C/C(=O)Nc2c(F)cc(C(=O)c3ccc4c(-c5c(C(F)(F)F)cc6c(ncn6C)c5Cl)cccn34)cc2F)CC1. The number of amides is 1. The van der Waals surface area contributed by atoms with Gasteiger partial charge in [0.2, 0.25) is 11.7 Å². The molecule has 14 heteroatoms. The van der Waals surface area contributed by atoms with E-state index in [0.29, 0.717) is 6.54 Å². The summed E-state index contributed by atoms with van der Waals surface area (Å²) in [4.78, 5) is 30.1. The van der Waals surface area contributed by atoms with Gasteiger partial charge in [-0.05, 0) is 62.1 Å². The maximum atomic E-state index is 15.1. The van der Waals surface area contributed by atoms with Crippen LogP contribution in [0.5, 0.6) is 0 Å². The fourth-order valence-electron chi connectivity index (χ4n) is 6.29. The molecule has 1 amide bonds. The van der Waals surface area contributed by atoms with Crippen LogP contribution in [0.1, 0.15) is 47.3 Å². The summed E-state index contributed by atoms with van der Waals surface area (Å²) in [6, 6.07) is 8.48. The molecule has 6 rings (SSSR count). The molecule has 0 bridgehead atoms. The maximum absolute atomic E-state index is 15.1. The average molecular weight is 700 g/mol. The third kappa shape index (κ3) is 6.83. The summed E-state index contributed by atoms with van der Waals surface area (Å²) in [6.45, 7) is 0.391. The van der Waals surface area contributed by atoms with Crippen LogP contribution in [-0.2, 0) is 22.8 Å². The number of hydrogen-bond donors (Lipinski definition) is 2. The number of fused-ring (bicyclic) bond motifs is 2. The normalized spacial score (nSPS) is 17.0. The van der Waals surface area contributed by atoms with Crippen LogP contribution in [0.3, 0.4) is 0 Å². The van der Waals surface area contributed by atoms with E-state index in [0.717, 1.165) is 50.0 Å². The van der Waals surface area contributed by atoms with E-state index in [4.69, 9.17) is 16.3 Å².